The Balaban J connectivity index is 2.17. The van der Waals surface area contributed by atoms with Crippen molar-refractivity contribution in [1.82, 2.24) is 9.97 Å². The van der Waals surface area contributed by atoms with E-state index in [2.05, 4.69) is 49.9 Å². The first-order valence-electron chi connectivity index (χ1n) is 7.40. The highest BCUT2D eigenvalue weighted by atomic mass is 16.5. The molecule has 0 bridgehead atoms. The summed E-state index contributed by atoms with van der Waals surface area (Å²) in [5.41, 5.74) is 0.255. The standard InChI is InChI=1S/C16H27N3O/c1-15(2,3)10-16(4,5)19-12-9-13(20-6)18-14(17-12)11-7-8-11/h9,11H,7-8,10H2,1-6H3,(H,17,18,19). The molecule has 0 amide bonds. The number of ether oxygens (including phenoxy) is 1. The molecule has 0 atom stereocenters. The van der Waals surface area contributed by atoms with Crippen molar-refractivity contribution in [3.63, 3.8) is 0 Å². The van der Waals surface area contributed by atoms with Gasteiger partial charge in [-0.05, 0) is 38.5 Å². The van der Waals surface area contributed by atoms with Crippen molar-refractivity contribution in [3.8, 4) is 5.88 Å². The van der Waals surface area contributed by atoms with Gasteiger partial charge in [0.1, 0.15) is 11.6 Å². The van der Waals surface area contributed by atoms with Crippen molar-refractivity contribution in [2.45, 2.75) is 65.3 Å². The molecule has 1 heterocycles. The van der Waals surface area contributed by atoms with Crippen LogP contribution < -0.4 is 10.1 Å². The molecule has 1 aromatic rings. The zero-order chi connectivity index (χ0) is 15.0. The van der Waals surface area contributed by atoms with E-state index in [-0.39, 0.29) is 11.0 Å². The second-order valence-electron chi connectivity index (χ2n) is 7.67. The number of nitrogens with zero attached hydrogens (tertiary/aromatic N) is 2. The first-order valence-corrected chi connectivity index (χ1v) is 7.40. The van der Waals surface area contributed by atoms with Gasteiger partial charge < -0.3 is 10.1 Å². The minimum Gasteiger partial charge on any atom is -0.481 e. The monoisotopic (exact) mass is 277 g/mol. The van der Waals surface area contributed by atoms with Crippen LogP contribution in [0.15, 0.2) is 6.07 Å². The van der Waals surface area contributed by atoms with Crippen LogP contribution in [0, 0.1) is 5.41 Å². The number of rotatable bonds is 5. The predicted octanol–water partition coefficient (Wildman–Crippen LogP) is 3.99. The van der Waals surface area contributed by atoms with Crippen molar-refractivity contribution in [3.05, 3.63) is 11.9 Å². The van der Waals surface area contributed by atoms with Gasteiger partial charge in [-0.25, -0.2) is 4.98 Å². The van der Waals surface area contributed by atoms with Crippen molar-refractivity contribution < 1.29 is 4.74 Å². The maximum atomic E-state index is 5.30. The molecule has 0 spiro atoms. The molecular weight excluding hydrogens is 250 g/mol. The van der Waals surface area contributed by atoms with E-state index in [9.17, 15) is 0 Å². The minimum atomic E-state index is -0.0154. The highest BCUT2D eigenvalue weighted by Gasteiger charge is 2.29. The second kappa shape index (κ2) is 5.23. The molecule has 1 saturated carbocycles. The average molecular weight is 277 g/mol. The highest BCUT2D eigenvalue weighted by molar-refractivity contribution is 5.41. The van der Waals surface area contributed by atoms with Gasteiger partial charge in [0.2, 0.25) is 5.88 Å². The molecule has 2 rings (SSSR count). The Morgan fingerprint density at radius 1 is 1.20 bits per heavy atom. The Bertz CT molecular complexity index is 473. The molecule has 1 aliphatic rings. The topological polar surface area (TPSA) is 47.0 Å². The molecule has 1 aromatic heterocycles. The smallest absolute Gasteiger partial charge is 0.218 e. The van der Waals surface area contributed by atoms with E-state index in [1.54, 1.807) is 7.11 Å². The largest absolute Gasteiger partial charge is 0.481 e. The molecule has 0 unspecified atom stereocenters. The zero-order valence-electron chi connectivity index (χ0n) is 13.6. The van der Waals surface area contributed by atoms with Crippen LogP contribution in [-0.4, -0.2) is 22.6 Å². The Morgan fingerprint density at radius 2 is 1.85 bits per heavy atom. The zero-order valence-corrected chi connectivity index (χ0v) is 13.6. The number of hydrogen-bond donors (Lipinski definition) is 1. The first-order chi connectivity index (χ1) is 9.18. The summed E-state index contributed by atoms with van der Waals surface area (Å²) < 4.78 is 5.30. The van der Waals surface area contributed by atoms with Gasteiger partial charge in [-0.1, -0.05) is 20.8 Å². The van der Waals surface area contributed by atoms with Crippen molar-refractivity contribution in [2.24, 2.45) is 5.41 Å². The molecule has 20 heavy (non-hydrogen) atoms. The number of methoxy groups -OCH3 is 1. The van der Waals surface area contributed by atoms with Crippen LogP contribution in [0.25, 0.3) is 0 Å². The SMILES string of the molecule is COc1cc(NC(C)(C)CC(C)(C)C)nc(C2CC2)n1. The quantitative estimate of drug-likeness (QED) is 0.884. The fourth-order valence-corrected chi connectivity index (χ4v) is 2.85. The molecule has 0 aliphatic heterocycles. The summed E-state index contributed by atoms with van der Waals surface area (Å²) in [5, 5.41) is 3.54. The summed E-state index contributed by atoms with van der Waals surface area (Å²) in [4.78, 5) is 9.10. The van der Waals surface area contributed by atoms with E-state index in [0.717, 1.165) is 18.1 Å². The van der Waals surface area contributed by atoms with E-state index in [0.29, 0.717) is 11.8 Å². The van der Waals surface area contributed by atoms with Gasteiger partial charge in [0.05, 0.1) is 7.11 Å². The number of hydrogen-bond acceptors (Lipinski definition) is 4. The van der Waals surface area contributed by atoms with Crippen LogP contribution in [-0.2, 0) is 0 Å². The summed E-state index contributed by atoms with van der Waals surface area (Å²) in [6.45, 7) is 11.2. The lowest BCUT2D eigenvalue weighted by molar-refractivity contribution is 0.302. The van der Waals surface area contributed by atoms with Gasteiger partial charge in [-0.15, -0.1) is 0 Å². The second-order valence-corrected chi connectivity index (χ2v) is 7.67. The van der Waals surface area contributed by atoms with Crippen molar-refractivity contribution in [1.29, 1.82) is 0 Å². The van der Waals surface area contributed by atoms with Crippen LogP contribution in [0.3, 0.4) is 0 Å². The summed E-state index contributed by atoms with van der Waals surface area (Å²) in [6, 6.07) is 1.89. The van der Waals surface area contributed by atoms with Crippen LogP contribution in [0.5, 0.6) is 5.88 Å². The predicted molar refractivity (Wildman–Crippen MR) is 82.3 cm³/mol. The van der Waals surface area contributed by atoms with E-state index in [4.69, 9.17) is 4.74 Å². The Kier molecular flexibility index (Phi) is 3.94. The Labute approximate surface area is 122 Å². The molecule has 0 aromatic carbocycles. The third-order valence-corrected chi connectivity index (χ3v) is 3.31. The van der Waals surface area contributed by atoms with Crippen LogP contribution >= 0.6 is 0 Å². The molecule has 1 aliphatic carbocycles. The summed E-state index contributed by atoms with van der Waals surface area (Å²) in [7, 11) is 1.66. The molecular formula is C16H27N3O. The molecule has 0 radical (unpaired) electrons. The third-order valence-electron chi connectivity index (χ3n) is 3.31. The number of aromatic nitrogens is 2. The number of anilines is 1. The maximum absolute atomic E-state index is 5.30. The van der Waals surface area contributed by atoms with Crippen LogP contribution in [0.1, 0.15) is 65.6 Å². The van der Waals surface area contributed by atoms with E-state index in [1.165, 1.54) is 12.8 Å². The van der Waals surface area contributed by atoms with E-state index >= 15 is 0 Å². The summed E-state index contributed by atoms with van der Waals surface area (Å²) in [5.74, 6) is 2.96. The summed E-state index contributed by atoms with van der Waals surface area (Å²) in [6.07, 6.45) is 3.45. The molecule has 0 saturated heterocycles. The van der Waals surface area contributed by atoms with Gasteiger partial charge in [-0.3, -0.25) is 0 Å². The number of nitrogens with one attached hydrogen (secondary N) is 1. The molecule has 112 valence electrons. The van der Waals surface area contributed by atoms with Gasteiger partial charge in [0, 0.05) is 17.5 Å². The third kappa shape index (κ3) is 4.36. The van der Waals surface area contributed by atoms with Gasteiger partial charge in [0.25, 0.3) is 0 Å². The first kappa shape index (κ1) is 15.1. The lowest BCUT2D eigenvalue weighted by Gasteiger charge is -2.33. The highest BCUT2D eigenvalue weighted by Crippen LogP contribution is 2.39. The molecule has 1 fully saturated rings. The van der Waals surface area contributed by atoms with E-state index in [1.807, 2.05) is 6.07 Å². The lowest BCUT2D eigenvalue weighted by atomic mass is 9.82. The molecule has 4 heteroatoms. The minimum absolute atomic E-state index is 0.0154. The fourth-order valence-electron chi connectivity index (χ4n) is 2.85. The van der Waals surface area contributed by atoms with E-state index < -0.39 is 0 Å². The van der Waals surface area contributed by atoms with Crippen molar-refractivity contribution in [2.75, 3.05) is 12.4 Å². The van der Waals surface area contributed by atoms with Crippen LogP contribution in [0.2, 0.25) is 0 Å². The fraction of sp³-hybridized carbons (Fsp3) is 0.750. The van der Waals surface area contributed by atoms with Crippen LogP contribution in [0.4, 0.5) is 5.82 Å². The average Bonchev–Trinajstić information content (AvgIpc) is 3.07. The Morgan fingerprint density at radius 3 is 2.35 bits per heavy atom. The Hall–Kier alpha value is -1.32. The molecule has 4 nitrogen and oxygen atoms in total. The normalized spacial score (nSPS) is 16.1. The molecule has 1 N–H and O–H groups in total. The lowest BCUT2D eigenvalue weighted by Crippen LogP contribution is -2.35. The maximum Gasteiger partial charge on any atom is 0.218 e. The van der Waals surface area contributed by atoms with Gasteiger partial charge in [-0.2, -0.15) is 4.98 Å². The van der Waals surface area contributed by atoms with Gasteiger partial charge in [0.15, 0.2) is 0 Å². The van der Waals surface area contributed by atoms with Gasteiger partial charge >= 0.3 is 0 Å². The summed E-state index contributed by atoms with van der Waals surface area (Å²) >= 11 is 0. The van der Waals surface area contributed by atoms with Crippen molar-refractivity contribution >= 4 is 5.82 Å².